The van der Waals surface area contributed by atoms with Crippen molar-refractivity contribution in [3.8, 4) is 0 Å². The smallest absolute Gasteiger partial charge is 0.252 e. The summed E-state index contributed by atoms with van der Waals surface area (Å²) in [7, 11) is 0. The Bertz CT molecular complexity index is 404. The van der Waals surface area contributed by atoms with Gasteiger partial charge in [0, 0.05) is 16.7 Å². The molecule has 3 nitrogen and oxygen atoms in total. The predicted octanol–water partition coefficient (Wildman–Crippen LogP) is 5.26. The number of allylic oxidation sites excluding steroid dienone is 1. The highest BCUT2D eigenvalue weighted by Crippen LogP contribution is 2.22. The van der Waals surface area contributed by atoms with Crippen LogP contribution in [0.15, 0.2) is 46.3 Å². The summed E-state index contributed by atoms with van der Waals surface area (Å²) in [5.74, 6) is 0. The first-order chi connectivity index (χ1) is 9.24. The second kappa shape index (κ2) is 9.62. The van der Waals surface area contributed by atoms with E-state index in [2.05, 4.69) is 6.92 Å². The van der Waals surface area contributed by atoms with Gasteiger partial charge in [-0.15, -0.1) is 0 Å². The molecule has 4 heteroatoms. The Morgan fingerprint density at radius 3 is 2.53 bits per heavy atom. The monoisotopic (exact) mass is 279 g/mol. The molecule has 0 heterocycles. The summed E-state index contributed by atoms with van der Waals surface area (Å²) in [6.45, 7) is 2.17. The number of hydrogen-bond donors (Lipinski definition) is 0. The highest BCUT2D eigenvalue weighted by Gasteiger charge is 2.09. The first-order valence-electron chi connectivity index (χ1n) is 6.79. The van der Waals surface area contributed by atoms with E-state index < -0.39 is 0 Å². The van der Waals surface area contributed by atoms with E-state index in [0.29, 0.717) is 12.1 Å². The summed E-state index contributed by atoms with van der Waals surface area (Å²) < 4.78 is 0. The van der Waals surface area contributed by atoms with Crippen LogP contribution in [-0.4, -0.2) is 4.92 Å². The number of nitro groups is 1. The van der Waals surface area contributed by atoms with Gasteiger partial charge in [0.1, 0.15) is 0 Å². The van der Waals surface area contributed by atoms with Crippen LogP contribution in [0.4, 0.5) is 0 Å². The summed E-state index contributed by atoms with van der Waals surface area (Å²) in [6.07, 6.45) is 6.14. The molecule has 1 rings (SSSR count). The lowest BCUT2D eigenvalue weighted by Crippen LogP contribution is -1.98. The van der Waals surface area contributed by atoms with Crippen LogP contribution in [0.1, 0.15) is 45.4 Å². The van der Waals surface area contributed by atoms with Crippen molar-refractivity contribution in [3.63, 3.8) is 0 Å². The lowest BCUT2D eigenvalue weighted by molar-refractivity contribution is -0.427. The molecule has 0 bridgehead atoms. The second-order valence-corrected chi connectivity index (χ2v) is 5.40. The van der Waals surface area contributed by atoms with Crippen LogP contribution in [0, 0.1) is 10.1 Å². The van der Waals surface area contributed by atoms with E-state index in [1.165, 1.54) is 31.0 Å². The predicted molar refractivity (Wildman–Crippen MR) is 80.8 cm³/mol. The van der Waals surface area contributed by atoms with E-state index in [1.807, 2.05) is 30.3 Å². The van der Waals surface area contributed by atoms with Gasteiger partial charge < -0.3 is 0 Å². The number of unbranched alkanes of at least 4 members (excludes halogenated alkanes) is 4. The van der Waals surface area contributed by atoms with Crippen molar-refractivity contribution in [2.45, 2.75) is 50.3 Å². The molecule has 0 saturated carbocycles. The fourth-order valence-electron chi connectivity index (χ4n) is 1.74. The molecule has 19 heavy (non-hydrogen) atoms. The third-order valence-corrected chi connectivity index (χ3v) is 3.78. The van der Waals surface area contributed by atoms with Crippen LogP contribution < -0.4 is 0 Å². The van der Waals surface area contributed by atoms with Gasteiger partial charge in [-0.25, -0.2) is 0 Å². The third kappa shape index (κ3) is 7.01. The third-order valence-electron chi connectivity index (χ3n) is 2.85. The number of nitrogens with zero attached hydrogens (tertiary/aromatic N) is 1. The van der Waals surface area contributed by atoms with Crippen LogP contribution in [0.5, 0.6) is 0 Å². The van der Waals surface area contributed by atoms with Gasteiger partial charge in [0.05, 0.1) is 4.92 Å². The quantitative estimate of drug-likeness (QED) is 0.268. The Balaban J connectivity index is 2.41. The van der Waals surface area contributed by atoms with Gasteiger partial charge in [-0.1, -0.05) is 62.6 Å². The van der Waals surface area contributed by atoms with Crippen molar-refractivity contribution in [2.24, 2.45) is 0 Å². The molecule has 0 amide bonds. The molecular formula is C15H21NO2S. The molecule has 104 valence electrons. The Morgan fingerprint density at radius 1 is 1.21 bits per heavy atom. The second-order valence-electron chi connectivity index (χ2n) is 4.46. The minimum atomic E-state index is -0.254. The van der Waals surface area contributed by atoms with Gasteiger partial charge in [0.25, 0.3) is 5.70 Å². The SMILES string of the molecule is CCCCCCC/C(=C/Sc1ccccc1)[N+](=O)[O-]. The van der Waals surface area contributed by atoms with E-state index in [9.17, 15) is 10.1 Å². The fourth-order valence-corrected chi connectivity index (χ4v) is 2.53. The van der Waals surface area contributed by atoms with Gasteiger partial charge in [-0.05, 0) is 18.6 Å². The minimum absolute atomic E-state index is 0.254. The van der Waals surface area contributed by atoms with Crippen molar-refractivity contribution in [1.29, 1.82) is 0 Å². The maximum Gasteiger partial charge on any atom is 0.252 e. The number of hydrogen-bond acceptors (Lipinski definition) is 3. The van der Waals surface area contributed by atoms with E-state index in [4.69, 9.17) is 0 Å². The first kappa shape index (κ1) is 15.8. The Morgan fingerprint density at radius 2 is 1.89 bits per heavy atom. The zero-order valence-electron chi connectivity index (χ0n) is 11.4. The summed E-state index contributed by atoms with van der Waals surface area (Å²) in [5.41, 5.74) is 0.324. The largest absolute Gasteiger partial charge is 0.259 e. The summed E-state index contributed by atoms with van der Waals surface area (Å²) in [6, 6.07) is 9.73. The molecule has 0 N–H and O–H groups in total. The fraction of sp³-hybridized carbons (Fsp3) is 0.467. The number of thioether (sulfide) groups is 1. The Hall–Kier alpha value is -1.29. The highest BCUT2D eigenvalue weighted by atomic mass is 32.2. The van der Waals surface area contributed by atoms with Gasteiger partial charge in [0.15, 0.2) is 0 Å². The van der Waals surface area contributed by atoms with Crippen LogP contribution in [0.25, 0.3) is 0 Å². The van der Waals surface area contributed by atoms with Crippen molar-refractivity contribution < 1.29 is 4.92 Å². The average molecular weight is 279 g/mol. The maximum atomic E-state index is 11.0. The van der Waals surface area contributed by atoms with Gasteiger partial charge in [-0.2, -0.15) is 0 Å². The molecule has 0 aliphatic rings. The summed E-state index contributed by atoms with van der Waals surface area (Å²) in [5, 5.41) is 12.6. The lowest BCUT2D eigenvalue weighted by Gasteiger charge is -2.00. The van der Waals surface area contributed by atoms with Gasteiger partial charge >= 0.3 is 0 Å². The number of rotatable bonds is 9. The van der Waals surface area contributed by atoms with Crippen molar-refractivity contribution >= 4 is 11.8 Å². The molecule has 0 atom stereocenters. The molecule has 0 saturated heterocycles. The maximum absolute atomic E-state index is 11.0. The minimum Gasteiger partial charge on any atom is -0.259 e. The molecule has 0 unspecified atom stereocenters. The Kier molecular flexibility index (Phi) is 7.98. The van der Waals surface area contributed by atoms with Crippen molar-refractivity contribution in [2.75, 3.05) is 0 Å². The Labute approximate surface area is 119 Å². The van der Waals surface area contributed by atoms with E-state index in [1.54, 1.807) is 5.41 Å². The molecule has 1 aromatic carbocycles. The standard InChI is InChI=1S/C15H21NO2S/c1-2-3-4-5-7-10-14(16(17)18)13-19-15-11-8-6-9-12-15/h6,8-9,11-13H,2-5,7,10H2,1H3/b14-13-. The lowest BCUT2D eigenvalue weighted by atomic mass is 10.1. The molecule has 0 radical (unpaired) electrons. The molecule has 0 aromatic heterocycles. The van der Waals surface area contributed by atoms with Crippen LogP contribution in [-0.2, 0) is 0 Å². The van der Waals surface area contributed by atoms with Crippen molar-refractivity contribution in [3.05, 3.63) is 51.6 Å². The summed E-state index contributed by atoms with van der Waals surface area (Å²) in [4.78, 5) is 11.7. The highest BCUT2D eigenvalue weighted by molar-refractivity contribution is 8.02. The molecule has 1 aromatic rings. The van der Waals surface area contributed by atoms with Gasteiger partial charge in [0.2, 0.25) is 0 Å². The average Bonchev–Trinajstić information content (AvgIpc) is 2.42. The zero-order valence-corrected chi connectivity index (χ0v) is 12.2. The molecule has 0 fully saturated rings. The molecule has 0 spiro atoms. The van der Waals surface area contributed by atoms with E-state index in [-0.39, 0.29) is 4.92 Å². The van der Waals surface area contributed by atoms with Crippen LogP contribution >= 0.6 is 11.8 Å². The first-order valence-corrected chi connectivity index (χ1v) is 7.67. The topological polar surface area (TPSA) is 43.1 Å². The van der Waals surface area contributed by atoms with E-state index in [0.717, 1.165) is 17.7 Å². The molecular weight excluding hydrogens is 258 g/mol. The van der Waals surface area contributed by atoms with Crippen LogP contribution in [0.2, 0.25) is 0 Å². The molecule has 0 aliphatic carbocycles. The van der Waals surface area contributed by atoms with Gasteiger partial charge in [-0.3, -0.25) is 10.1 Å². The number of benzene rings is 1. The van der Waals surface area contributed by atoms with Crippen LogP contribution in [0.3, 0.4) is 0 Å². The van der Waals surface area contributed by atoms with Crippen molar-refractivity contribution in [1.82, 2.24) is 0 Å². The normalized spacial score (nSPS) is 11.5. The van der Waals surface area contributed by atoms with E-state index >= 15 is 0 Å². The molecule has 0 aliphatic heterocycles. The summed E-state index contributed by atoms with van der Waals surface area (Å²) >= 11 is 1.42. The zero-order chi connectivity index (χ0) is 13.9.